The molecule has 2 rings (SSSR count). The van der Waals surface area contributed by atoms with E-state index in [0.29, 0.717) is 19.4 Å². The Kier molecular flexibility index (Phi) is 10.5. The summed E-state index contributed by atoms with van der Waals surface area (Å²) in [6.45, 7) is -0.696. The summed E-state index contributed by atoms with van der Waals surface area (Å²) in [4.78, 5) is 52.1. The molecule has 0 fully saturated rings. The van der Waals surface area contributed by atoms with Crippen LogP contribution in [-0.4, -0.2) is 76.7 Å². The van der Waals surface area contributed by atoms with Crippen LogP contribution in [0.2, 0.25) is 0 Å². The SMILES string of the molecule is NCCCCC(NC(=O)C(Cc1c[nH]c2ccccc12)NC(=O)C(CO)NC(=O)CN)C(=O)O. The number of para-hydroxylation sites is 1. The molecule has 2 aromatic rings. The summed E-state index contributed by atoms with van der Waals surface area (Å²) < 4.78 is 0. The molecule has 12 heteroatoms. The minimum Gasteiger partial charge on any atom is -0.480 e. The van der Waals surface area contributed by atoms with Gasteiger partial charge in [0.1, 0.15) is 18.1 Å². The van der Waals surface area contributed by atoms with Crippen molar-refractivity contribution in [1.82, 2.24) is 20.9 Å². The van der Waals surface area contributed by atoms with E-state index in [4.69, 9.17) is 11.5 Å². The lowest BCUT2D eigenvalue weighted by atomic mass is 10.0. The summed E-state index contributed by atoms with van der Waals surface area (Å²) in [5.41, 5.74) is 12.3. The van der Waals surface area contributed by atoms with Crippen molar-refractivity contribution in [2.75, 3.05) is 19.7 Å². The highest BCUT2D eigenvalue weighted by molar-refractivity contribution is 5.94. The van der Waals surface area contributed by atoms with Crippen molar-refractivity contribution in [3.8, 4) is 0 Å². The van der Waals surface area contributed by atoms with E-state index in [0.717, 1.165) is 16.5 Å². The van der Waals surface area contributed by atoms with Gasteiger partial charge < -0.3 is 42.6 Å². The molecule has 0 aliphatic carbocycles. The molecule has 34 heavy (non-hydrogen) atoms. The first-order chi connectivity index (χ1) is 16.3. The number of rotatable bonds is 14. The third kappa shape index (κ3) is 7.54. The lowest BCUT2D eigenvalue weighted by molar-refractivity contribution is -0.142. The van der Waals surface area contributed by atoms with Gasteiger partial charge >= 0.3 is 5.97 Å². The summed E-state index contributed by atoms with van der Waals surface area (Å²) in [7, 11) is 0. The van der Waals surface area contributed by atoms with Crippen molar-refractivity contribution in [2.45, 2.75) is 43.8 Å². The van der Waals surface area contributed by atoms with Crippen LogP contribution in [0.4, 0.5) is 0 Å². The average Bonchev–Trinajstić information content (AvgIpc) is 3.23. The molecule has 3 amide bonds. The second kappa shape index (κ2) is 13.3. The van der Waals surface area contributed by atoms with Gasteiger partial charge in [0, 0.05) is 23.5 Å². The zero-order chi connectivity index (χ0) is 25.1. The number of aliphatic hydroxyl groups is 1. The number of carboxylic acid groups (broad SMARTS) is 1. The minimum atomic E-state index is -1.32. The number of aliphatic carboxylic acids is 1. The lowest BCUT2D eigenvalue weighted by Gasteiger charge is -2.24. The second-order valence-corrected chi connectivity index (χ2v) is 7.82. The second-order valence-electron chi connectivity index (χ2n) is 7.82. The number of aromatic amines is 1. The molecule has 186 valence electrons. The highest BCUT2D eigenvalue weighted by Gasteiger charge is 2.30. The van der Waals surface area contributed by atoms with E-state index in [1.54, 1.807) is 6.20 Å². The molecule has 3 unspecified atom stereocenters. The Morgan fingerprint density at radius 2 is 1.62 bits per heavy atom. The molecule has 0 saturated carbocycles. The van der Waals surface area contributed by atoms with Gasteiger partial charge in [-0.1, -0.05) is 18.2 Å². The van der Waals surface area contributed by atoms with Gasteiger partial charge in [0.15, 0.2) is 0 Å². The van der Waals surface area contributed by atoms with Gasteiger partial charge in [0.05, 0.1) is 13.2 Å². The van der Waals surface area contributed by atoms with E-state index in [1.807, 2.05) is 24.3 Å². The molecule has 1 aromatic carbocycles. The van der Waals surface area contributed by atoms with Gasteiger partial charge in [-0.25, -0.2) is 4.79 Å². The number of carbonyl (C=O) groups excluding carboxylic acids is 3. The number of carboxylic acids is 1. The van der Waals surface area contributed by atoms with Crippen LogP contribution < -0.4 is 27.4 Å². The number of nitrogens with two attached hydrogens (primary N) is 2. The molecule has 1 heterocycles. The Hall–Kier alpha value is -3.48. The van der Waals surface area contributed by atoms with Gasteiger partial charge in [-0.15, -0.1) is 0 Å². The predicted molar refractivity (Wildman–Crippen MR) is 124 cm³/mol. The number of aromatic nitrogens is 1. The quantitative estimate of drug-likeness (QED) is 0.147. The largest absolute Gasteiger partial charge is 0.480 e. The number of fused-ring (bicyclic) bond motifs is 1. The van der Waals surface area contributed by atoms with Crippen LogP contribution >= 0.6 is 0 Å². The Bertz CT molecular complexity index is 993. The van der Waals surface area contributed by atoms with Crippen molar-refractivity contribution >= 4 is 34.6 Å². The maximum Gasteiger partial charge on any atom is 0.326 e. The molecular weight excluding hydrogens is 444 g/mol. The maximum absolute atomic E-state index is 13.1. The summed E-state index contributed by atoms with van der Waals surface area (Å²) >= 11 is 0. The number of benzene rings is 1. The van der Waals surface area contributed by atoms with E-state index in [9.17, 15) is 29.4 Å². The lowest BCUT2D eigenvalue weighted by Crippen LogP contribution is -2.57. The molecule has 1 aromatic heterocycles. The van der Waals surface area contributed by atoms with Crippen molar-refractivity contribution in [3.63, 3.8) is 0 Å². The number of unbranched alkanes of at least 4 members (excludes halogenated alkanes) is 1. The fourth-order valence-corrected chi connectivity index (χ4v) is 3.47. The molecule has 0 radical (unpaired) electrons. The molecule has 0 bridgehead atoms. The molecular formula is C22H32N6O6. The summed E-state index contributed by atoms with van der Waals surface area (Å²) in [6.07, 6.45) is 3.03. The van der Waals surface area contributed by atoms with Gasteiger partial charge in [0.25, 0.3) is 0 Å². The van der Waals surface area contributed by atoms with Gasteiger partial charge in [-0.3, -0.25) is 14.4 Å². The first-order valence-electron chi connectivity index (χ1n) is 11.0. The van der Waals surface area contributed by atoms with Crippen LogP contribution in [0.25, 0.3) is 10.9 Å². The average molecular weight is 477 g/mol. The van der Waals surface area contributed by atoms with Crippen LogP contribution in [0.1, 0.15) is 24.8 Å². The number of hydrogen-bond donors (Lipinski definition) is 8. The van der Waals surface area contributed by atoms with Crippen molar-refractivity contribution < 1.29 is 29.4 Å². The third-order valence-electron chi connectivity index (χ3n) is 5.31. The first kappa shape index (κ1) is 26.8. The summed E-state index contributed by atoms with van der Waals surface area (Å²) in [6, 6.07) is 3.72. The Labute approximate surface area is 196 Å². The minimum absolute atomic E-state index is 0.0414. The van der Waals surface area contributed by atoms with E-state index in [2.05, 4.69) is 20.9 Å². The zero-order valence-corrected chi connectivity index (χ0v) is 18.8. The number of aliphatic hydroxyl groups excluding tert-OH is 1. The highest BCUT2D eigenvalue weighted by atomic mass is 16.4. The van der Waals surface area contributed by atoms with Crippen LogP contribution in [0.15, 0.2) is 30.5 Å². The van der Waals surface area contributed by atoms with Crippen LogP contribution in [0, 0.1) is 0 Å². The molecule has 3 atom stereocenters. The van der Waals surface area contributed by atoms with Crippen LogP contribution in [-0.2, 0) is 25.6 Å². The molecule has 12 nitrogen and oxygen atoms in total. The fraction of sp³-hybridized carbons (Fsp3) is 0.455. The van der Waals surface area contributed by atoms with Crippen LogP contribution in [0.5, 0.6) is 0 Å². The molecule has 0 aliphatic heterocycles. The number of amides is 3. The highest BCUT2D eigenvalue weighted by Crippen LogP contribution is 2.19. The zero-order valence-electron chi connectivity index (χ0n) is 18.8. The predicted octanol–water partition coefficient (Wildman–Crippen LogP) is -1.67. The fourth-order valence-electron chi connectivity index (χ4n) is 3.47. The number of nitrogens with one attached hydrogen (secondary N) is 4. The normalized spacial score (nSPS) is 13.6. The van der Waals surface area contributed by atoms with Crippen molar-refractivity contribution in [2.24, 2.45) is 11.5 Å². The molecule has 0 spiro atoms. The molecule has 0 saturated heterocycles. The number of H-pyrrole nitrogens is 1. The van der Waals surface area contributed by atoms with Crippen LogP contribution in [0.3, 0.4) is 0 Å². The standard InChI is InChI=1S/C22H32N6O6/c23-8-4-3-7-16(22(33)34)27-20(31)17(28-21(32)18(12-29)26-19(30)10-24)9-13-11-25-15-6-2-1-5-14(13)15/h1-2,5-6,11,16-18,25,29H,3-4,7-10,12,23-24H2,(H,26,30)(H,27,31)(H,28,32)(H,33,34). The monoisotopic (exact) mass is 476 g/mol. The van der Waals surface area contributed by atoms with Gasteiger partial charge in [-0.05, 0) is 37.4 Å². The first-order valence-corrected chi connectivity index (χ1v) is 11.0. The third-order valence-corrected chi connectivity index (χ3v) is 5.31. The van der Waals surface area contributed by atoms with E-state index in [1.165, 1.54) is 0 Å². The van der Waals surface area contributed by atoms with E-state index >= 15 is 0 Å². The number of carbonyl (C=O) groups is 4. The van der Waals surface area contributed by atoms with Crippen molar-refractivity contribution in [1.29, 1.82) is 0 Å². The van der Waals surface area contributed by atoms with E-state index in [-0.39, 0.29) is 19.4 Å². The Balaban J connectivity index is 2.24. The molecule has 0 aliphatic rings. The van der Waals surface area contributed by atoms with E-state index < -0.39 is 48.4 Å². The maximum atomic E-state index is 13.1. The van der Waals surface area contributed by atoms with Gasteiger partial charge in [-0.2, -0.15) is 0 Å². The summed E-state index contributed by atoms with van der Waals surface area (Å²) in [5.74, 6) is -3.37. The van der Waals surface area contributed by atoms with Gasteiger partial charge in [0.2, 0.25) is 17.7 Å². The summed E-state index contributed by atoms with van der Waals surface area (Å²) in [5, 5.41) is 27.1. The topological polar surface area (TPSA) is 213 Å². The Morgan fingerprint density at radius 1 is 0.941 bits per heavy atom. The number of hydrogen-bond acceptors (Lipinski definition) is 7. The smallest absolute Gasteiger partial charge is 0.326 e. The Morgan fingerprint density at radius 3 is 2.26 bits per heavy atom. The van der Waals surface area contributed by atoms with Crippen molar-refractivity contribution in [3.05, 3.63) is 36.0 Å². The molecule has 10 N–H and O–H groups in total.